The van der Waals surface area contributed by atoms with Crippen molar-refractivity contribution in [2.24, 2.45) is 0 Å². The Morgan fingerprint density at radius 3 is 3.00 bits per heavy atom. The number of nitrogens with zero attached hydrogens (tertiary/aromatic N) is 3. The normalized spacial score (nSPS) is 16.9. The molecular formula is C21H23N3O4. The maximum Gasteiger partial charge on any atom is 0.292 e. The minimum absolute atomic E-state index is 0.160. The highest BCUT2D eigenvalue weighted by molar-refractivity contribution is 5.92. The molecule has 0 spiro atoms. The predicted octanol–water partition coefficient (Wildman–Crippen LogP) is 3.94. The highest BCUT2D eigenvalue weighted by Crippen LogP contribution is 2.32. The van der Waals surface area contributed by atoms with E-state index in [4.69, 9.17) is 13.6 Å². The van der Waals surface area contributed by atoms with Gasteiger partial charge >= 0.3 is 0 Å². The molecule has 4 rings (SSSR count). The number of ether oxygens (including phenoxy) is 1. The van der Waals surface area contributed by atoms with Crippen molar-refractivity contribution in [2.45, 2.75) is 38.6 Å². The molecule has 1 fully saturated rings. The Morgan fingerprint density at radius 2 is 2.21 bits per heavy atom. The monoisotopic (exact) mass is 381 g/mol. The third kappa shape index (κ3) is 3.65. The van der Waals surface area contributed by atoms with Gasteiger partial charge in [-0.25, -0.2) is 9.97 Å². The van der Waals surface area contributed by atoms with E-state index in [2.05, 4.69) is 9.97 Å². The van der Waals surface area contributed by atoms with E-state index >= 15 is 0 Å². The van der Waals surface area contributed by atoms with Gasteiger partial charge in [0.15, 0.2) is 6.39 Å². The number of carbonyl (C=O) groups excluding carboxylic acids is 1. The van der Waals surface area contributed by atoms with Crippen LogP contribution in [0.25, 0.3) is 0 Å². The van der Waals surface area contributed by atoms with Gasteiger partial charge in [0.25, 0.3) is 5.91 Å². The summed E-state index contributed by atoms with van der Waals surface area (Å²) in [7, 11) is 1.65. The molecule has 7 nitrogen and oxygen atoms in total. The molecule has 0 N–H and O–H groups in total. The van der Waals surface area contributed by atoms with Gasteiger partial charge < -0.3 is 18.5 Å². The van der Waals surface area contributed by atoms with Crippen LogP contribution in [-0.2, 0) is 6.42 Å². The van der Waals surface area contributed by atoms with Crippen LogP contribution in [-0.4, -0.2) is 34.4 Å². The van der Waals surface area contributed by atoms with Gasteiger partial charge in [0.05, 0.1) is 19.0 Å². The molecule has 3 heterocycles. The van der Waals surface area contributed by atoms with Gasteiger partial charge in [-0.3, -0.25) is 4.79 Å². The summed E-state index contributed by atoms with van der Waals surface area (Å²) in [5, 5.41) is 0. The highest BCUT2D eigenvalue weighted by Gasteiger charge is 2.34. The molecule has 1 saturated heterocycles. The summed E-state index contributed by atoms with van der Waals surface area (Å²) in [5.41, 5.74) is 1.68. The number of piperidine rings is 1. The van der Waals surface area contributed by atoms with E-state index < -0.39 is 0 Å². The number of hydrogen-bond acceptors (Lipinski definition) is 6. The number of hydrogen-bond donors (Lipinski definition) is 0. The van der Waals surface area contributed by atoms with E-state index in [1.54, 1.807) is 25.1 Å². The molecular weight excluding hydrogens is 358 g/mol. The number of carbonyl (C=O) groups is 1. The first-order valence-electron chi connectivity index (χ1n) is 9.44. The number of methoxy groups -OCH3 is 1. The number of amides is 1. The molecule has 1 aromatic carbocycles. The third-order valence-electron chi connectivity index (χ3n) is 5.07. The van der Waals surface area contributed by atoms with Crippen molar-refractivity contribution in [3.8, 4) is 5.75 Å². The number of aryl methyl sites for hydroxylation is 1. The second-order valence-corrected chi connectivity index (χ2v) is 6.97. The van der Waals surface area contributed by atoms with Crippen LogP contribution in [0.4, 0.5) is 0 Å². The van der Waals surface area contributed by atoms with Crippen LogP contribution >= 0.6 is 0 Å². The minimum Gasteiger partial charge on any atom is -0.497 e. The van der Waals surface area contributed by atoms with Crippen LogP contribution in [0.5, 0.6) is 5.75 Å². The van der Waals surface area contributed by atoms with Crippen LogP contribution in [0.15, 0.2) is 45.7 Å². The lowest BCUT2D eigenvalue weighted by molar-refractivity contribution is 0.0537. The van der Waals surface area contributed by atoms with E-state index in [9.17, 15) is 4.79 Å². The Morgan fingerprint density at radius 1 is 1.32 bits per heavy atom. The van der Waals surface area contributed by atoms with Crippen molar-refractivity contribution >= 4 is 5.91 Å². The molecule has 28 heavy (non-hydrogen) atoms. The Labute approximate surface area is 163 Å². The smallest absolute Gasteiger partial charge is 0.292 e. The van der Waals surface area contributed by atoms with Gasteiger partial charge in [0, 0.05) is 13.0 Å². The number of likely N-dealkylation sites (tertiary alicyclic amines) is 1. The highest BCUT2D eigenvalue weighted by atomic mass is 16.5. The summed E-state index contributed by atoms with van der Waals surface area (Å²) in [5.74, 6) is 2.27. The summed E-state index contributed by atoms with van der Waals surface area (Å²) in [6.45, 7) is 2.42. The average Bonchev–Trinajstić information content (AvgIpc) is 3.36. The van der Waals surface area contributed by atoms with Gasteiger partial charge in [0.1, 0.15) is 17.6 Å². The molecule has 1 amide bonds. The SMILES string of the molecule is COc1cccc(Cc2cnc([C@@H]3CCCCN3C(=O)c3ocnc3C)o2)c1. The Balaban J connectivity index is 1.54. The second kappa shape index (κ2) is 7.88. The van der Waals surface area contributed by atoms with Gasteiger partial charge in [-0.2, -0.15) is 0 Å². The van der Waals surface area contributed by atoms with Gasteiger partial charge in [0.2, 0.25) is 11.7 Å². The molecule has 0 unspecified atom stereocenters. The van der Waals surface area contributed by atoms with Crippen LogP contribution in [0.3, 0.4) is 0 Å². The van der Waals surface area contributed by atoms with Crippen LogP contribution in [0.2, 0.25) is 0 Å². The number of rotatable bonds is 5. The Kier molecular flexibility index (Phi) is 5.14. The predicted molar refractivity (Wildman–Crippen MR) is 101 cm³/mol. The maximum atomic E-state index is 12.9. The lowest BCUT2D eigenvalue weighted by atomic mass is 10.0. The number of oxazole rings is 2. The molecule has 0 aliphatic carbocycles. The quantitative estimate of drug-likeness (QED) is 0.666. The third-order valence-corrected chi connectivity index (χ3v) is 5.07. The molecule has 0 radical (unpaired) electrons. The largest absolute Gasteiger partial charge is 0.497 e. The van der Waals surface area contributed by atoms with Crippen LogP contribution in [0, 0.1) is 6.92 Å². The number of benzene rings is 1. The molecule has 1 aliphatic rings. The van der Waals surface area contributed by atoms with Crippen molar-refractivity contribution in [2.75, 3.05) is 13.7 Å². The molecule has 0 saturated carbocycles. The molecule has 1 aliphatic heterocycles. The molecule has 0 bridgehead atoms. The first-order valence-corrected chi connectivity index (χ1v) is 9.44. The van der Waals surface area contributed by atoms with Gasteiger partial charge in [-0.05, 0) is 43.9 Å². The Hall–Kier alpha value is -3.09. The van der Waals surface area contributed by atoms with Crippen molar-refractivity contribution in [1.29, 1.82) is 0 Å². The summed E-state index contributed by atoms with van der Waals surface area (Å²) < 4.78 is 16.6. The fraction of sp³-hybridized carbons (Fsp3) is 0.381. The summed E-state index contributed by atoms with van der Waals surface area (Å²) >= 11 is 0. The fourth-order valence-corrected chi connectivity index (χ4v) is 3.61. The molecule has 146 valence electrons. The van der Waals surface area contributed by atoms with Crippen molar-refractivity contribution in [1.82, 2.24) is 14.9 Å². The maximum absolute atomic E-state index is 12.9. The van der Waals surface area contributed by atoms with Crippen LogP contribution < -0.4 is 4.74 Å². The standard InChI is InChI=1S/C21H23N3O4/c1-14-19(27-13-23-14)21(25)24-9-4-3-8-18(24)20-22-12-17(28-20)11-15-6-5-7-16(10-15)26-2/h5-7,10,12-13,18H,3-4,8-9,11H2,1-2H3/t18-/m0/s1. The van der Waals surface area contributed by atoms with Crippen molar-refractivity contribution < 1.29 is 18.4 Å². The summed E-state index contributed by atoms with van der Waals surface area (Å²) in [6, 6.07) is 7.67. The lowest BCUT2D eigenvalue weighted by Gasteiger charge is -2.33. The topological polar surface area (TPSA) is 81.6 Å². The van der Waals surface area contributed by atoms with Crippen molar-refractivity contribution in [3.05, 3.63) is 65.5 Å². The fourth-order valence-electron chi connectivity index (χ4n) is 3.61. The Bertz CT molecular complexity index is 962. The van der Waals surface area contributed by atoms with Gasteiger partial charge in [-0.15, -0.1) is 0 Å². The van der Waals surface area contributed by atoms with Crippen LogP contribution in [0.1, 0.15) is 58.8 Å². The minimum atomic E-state index is -0.190. The van der Waals surface area contributed by atoms with Gasteiger partial charge in [-0.1, -0.05) is 12.1 Å². The first kappa shape index (κ1) is 18.3. The lowest BCUT2D eigenvalue weighted by Crippen LogP contribution is -2.38. The van der Waals surface area contributed by atoms with E-state index in [0.717, 1.165) is 36.3 Å². The summed E-state index contributed by atoms with van der Waals surface area (Å²) in [4.78, 5) is 23.2. The van der Waals surface area contributed by atoms with Crippen molar-refractivity contribution in [3.63, 3.8) is 0 Å². The van der Waals surface area contributed by atoms with E-state index in [1.807, 2.05) is 24.3 Å². The molecule has 3 aromatic rings. The van der Waals surface area contributed by atoms with E-state index in [1.165, 1.54) is 6.39 Å². The molecule has 1 atom stereocenters. The zero-order chi connectivity index (χ0) is 19.5. The average molecular weight is 381 g/mol. The first-order chi connectivity index (χ1) is 13.7. The number of aromatic nitrogens is 2. The molecule has 2 aromatic heterocycles. The second-order valence-electron chi connectivity index (χ2n) is 6.97. The molecule has 7 heteroatoms. The zero-order valence-corrected chi connectivity index (χ0v) is 16.1. The van der Waals surface area contributed by atoms with E-state index in [-0.39, 0.29) is 17.7 Å². The zero-order valence-electron chi connectivity index (χ0n) is 16.1. The van der Waals surface area contributed by atoms with E-state index in [0.29, 0.717) is 24.6 Å². The summed E-state index contributed by atoms with van der Waals surface area (Å²) in [6.07, 6.45) is 6.46.